The van der Waals surface area contributed by atoms with Crippen molar-refractivity contribution >= 4 is 23.1 Å². The van der Waals surface area contributed by atoms with Crippen molar-refractivity contribution in [2.45, 2.75) is 12.3 Å². The van der Waals surface area contributed by atoms with Crippen molar-refractivity contribution in [2.24, 2.45) is 10.7 Å². The molecule has 3 rings (SSSR count). The summed E-state index contributed by atoms with van der Waals surface area (Å²) in [5.74, 6) is -0.605. The molecular formula is C18H16N2O3. The number of methoxy groups -OCH3 is 1. The molecule has 1 aliphatic heterocycles. The number of ether oxygens (including phenoxy) is 1. The molecule has 0 radical (unpaired) electrons. The minimum absolute atomic E-state index is 0.228. The lowest BCUT2D eigenvalue weighted by Crippen LogP contribution is -2.46. The van der Waals surface area contributed by atoms with Crippen molar-refractivity contribution in [3.05, 3.63) is 59.7 Å². The Bertz CT molecular complexity index is 827. The van der Waals surface area contributed by atoms with E-state index in [0.29, 0.717) is 17.0 Å². The Morgan fingerprint density at radius 1 is 1.17 bits per heavy atom. The number of ketones is 1. The van der Waals surface area contributed by atoms with Gasteiger partial charge in [0.1, 0.15) is 5.75 Å². The number of Topliss-reactive ketones (excluding diaryl/α,β-unsaturated/α-hetero) is 1. The lowest BCUT2D eigenvalue weighted by molar-refractivity contribution is -0.118. The highest BCUT2D eigenvalue weighted by Gasteiger charge is 2.45. The summed E-state index contributed by atoms with van der Waals surface area (Å²) in [4.78, 5) is 28.8. The Morgan fingerprint density at radius 3 is 2.48 bits per heavy atom. The van der Waals surface area contributed by atoms with Crippen LogP contribution < -0.4 is 10.5 Å². The Labute approximate surface area is 133 Å². The van der Waals surface area contributed by atoms with Crippen molar-refractivity contribution in [3.8, 4) is 5.75 Å². The molecule has 0 saturated carbocycles. The zero-order valence-corrected chi connectivity index (χ0v) is 12.9. The molecule has 5 heteroatoms. The van der Waals surface area contributed by atoms with Crippen LogP contribution in [0, 0.1) is 0 Å². The predicted octanol–water partition coefficient (Wildman–Crippen LogP) is 2.14. The Hall–Kier alpha value is -2.95. The summed E-state index contributed by atoms with van der Waals surface area (Å²) in [5, 5.41) is 0. The minimum Gasteiger partial charge on any atom is -0.497 e. The van der Waals surface area contributed by atoms with Crippen molar-refractivity contribution in [1.29, 1.82) is 0 Å². The maximum atomic E-state index is 13.0. The zero-order chi connectivity index (χ0) is 16.6. The predicted molar refractivity (Wildman–Crippen MR) is 87.2 cm³/mol. The number of benzene rings is 2. The second kappa shape index (κ2) is 5.35. The number of aliphatic imine (C=N–C) groups is 1. The number of hydrogen-bond acceptors (Lipinski definition) is 4. The van der Waals surface area contributed by atoms with Gasteiger partial charge >= 0.3 is 0 Å². The number of primary amides is 1. The van der Waals surface area contributed by atoms with Crippen LogP contribution in [-0.2, 0) is 15.0 Å². The molecule has 0 aliphatic carbocycles. The monoisotopic (exact) mass is 308 g/mol. The van der Waals surface area contributed by atoms with Crippen LogP contribution in [-0.4, -0.2) is 24.5 Å². The van der Waals surface area contributed by atoms with Gasteiger partial charge in [-0.2, -0.15) is 0 Å². The molecule has 1 aliphatic rings. The number of fused-ring (bicyclic) bond motifs is 1. The van der Waals surface area contributed by atoms with E-state index in [2.05, 4.69) is 4.99 Å². The molecule has 1 atom stereocenters. The third-order valence-electron chi connectivity index (χ3n) is 4.23. The molecular weight excluding hydrogens is 292 g/mol. The first-order chi connectivity index (χ1) is 11.0. The van der Waals surface area contributed by atoms with E-state index in [4.69, 9.17) is 10.5 Å². The summed E-state index contributed by atoms with van der Waals surface area (Å²) < 4.78 is 5.27. The summed E-state index contributed by atoms with van der Waals surface area (Å²) in [5.41, 5.74) is 6.09. The number of carbonyl (C=O) groups excluding carboxylic acids is 2. The molecule has 2 N–H and O–H groups in total. The number of amides is 1. The lowest BCUT2D eigenvalue weighted by Gasteiger charge is -2.33. The van der Waals surface area contributed by atoms with Gasteiger partial charge in [0.2, 0.25) is 5.78 Å². The van der Waals surface area contributed by atoms with Crippen molar-refractivity contribution in [1.82, 2.24) is 0 Å². The molecule has 1 amide bonds. The molecule has 0 saturated heterocycles. The molecule has 116 valence electrons. The fourth-order valence-corrected chi connectivity index (χ4v) is 2.90. The van der Waals surface area contributed by atoms with Crippen molar-refractivity contribution < 1.29 is 14.3 Å². The maximum Gasteiger partial charge on any atom is 0.271 e. The van der Waals surface area contributed by atoms with E-state index in [1.165, 1.54) is 0 Å². The van der Waals surface area contributed by atoms with Crippen molar-refractivity contribution in [3.63, 3.8) is 0 Å². The topological polar surface area (TPSA) is 81.8 Å². The normalized spacial score (nSPS) is 19.7. The summed E-state index contributed by atoms with van der Waals surface area (Å²) in [6.07, 6.45) is 0. The van der Waals surface area contributed by atoms with Crippen molar-refractivity contribution in [2.75, 3.05) is 7.11 Å². The number of nitrogens with zero attached hydrogens (tertiary/aromatic N) is 1. The number of carbonyl (C=O) groups is 2. The Morgan fingerprint density at radius 2 is 1.87 bits per heavy atom. The summed E-state index contributed by atoms with van der Waals surface area (Å²) in [7, 11) is 1.56. The third-order valence-corrected chi connectivity index (χ3v) is 4.23. The molecule has 5 nitrogen and oxygen atoms in total. The van der Waals surface area contributed by atoms with Gasteiger partial charge in [0, 0.05) is 0 Å². The van der Waals surface area contributed by atoms with Gasteiger partial charge < -0.3 is 10.5 Å². The van der Waals surface area contributed by atoms with Crippen LogP contribution in [0.4, 0.5) is 5.69 Å². The largest absolute Gasteiger partial charge is 0.497 e. The first kappa shape index (κ1) is 15.0. The summed E-state index contributed by atoms with van der Waals surface area (Å²) >= 11 is 0. The highest BCUT2D eigenvalue weighted by atomic mass is 16.5. The number of rotatable bonds is 3. The van der Waals surface area contributed by atoms with Gasteiger partial charge in [-0.05, 0) is 36.2 Å². The maximum absolute atomic E-state index is 13.0. The highest BCUT2D eigenvalue weighted by molar-refractivity contribution is 6.68. The van der Waals surface area contributed by atoms with Gasteiger partial charge in [-0.3, -0.25) is 9.59 Å². The number of hydrogen-bond donors (Lipinski definition) is 1. The van der Waals surface area contributed by atoms with Crippen LogP contribution in [0.1, 0.15) is 18.1 Å². The van der Waals surface area contributed by atoms with Gasteiger partial charge in [0.05, 0.1) is 18.2 Å². The molecule has 2 aromatic rings. The van der Waals surface area contributed by atoms with Crippen LogP contribution in [0.3, 0.4) is 0 Å². The zero-order valence-electron chi connectivity index (χ0n) is 12.9. The molecule has 0 bridgehead atoms. The minimum atomic E-state index is -1.04. The van der Waals surface area contributed by atoms with E-state index in [0.717, 1.165) is 5.56 Å². The lowest BCUT2D eigenvalue weighted by atomic mass is 9.69. The van der Waals surface area contributed by atoms with E-state index in [-0.39, 0.29) is 5.71 Å². The van der Waals surface area contributed by atoms with Crippen LogP contribution in [0.2, 0.25) is 0 Å². The van der Waals surface area contributed by atoms with Gasteiger partial charge in [-0.1, -0.05) is 30.3 Å². The second-order valence-electron chi connectivity index (χ2n) is 5.53. The van der Waals surface area contributed by atoms with E-state index in [9.17, 15) is 9.59 Å². The molecule has 2 aromatic carbocycles. The average Bonchev–Trinajstić information content (AvgIpc) is 2.58. The van der Waals surface area contributed by atoms with Gasteiger partial charge in [0.15, 0.2) is 5.71 Å². The number of nitrogens with two attached hydrogens (primary N) is 1. The third kappa shape index (κ3) is 2.21. The Balaban J connectivity index is 2.33. The SMILES string of the molecule is COc1ccc2c(c1)C(C)(c1ccccc1)C(=O)C(C(N)=O)=N2. The Kier molecular flexibility index (Phi) is 3.48. The van der Waals surface area contributed by atoms with Crippen LogP contribution in [0.15, 0.2) is 53.5 Å². The van der Waals surface area contributed by atoms with Gasteiger partial charge in [-0.25, -0.2) is 4.99 Å². The fourth-order valence-electron chi connectivity index (χ4n) is 2.90. The standard InChI is InChI=1S/C18H16N2O3/c1-18(11-6-4-3-5-7-11)13-10-12(23-2)8-9-14(13)20-15(16(18)21)17(19)22/h3-10H,1-2H3,(H2,19,22). The summed E-state index contributed by atoms with van der Waals surface area (Å²) in [6.45, 7) is 1.78. The van der Waals surface area contributed by atoms with E-state index >= 15 is 0 Å². The summed E-state index contributed by atoms with van der Waals surface area (Å²) in [6, 6.07) is 14.5. The first-order valence-electron chi connectivity index (χ1n) is 7.16. The van der Waals surface area contributed by atoms with E-state index in [1.54, 1.807) is 32.2 Å². The average molecular weight is 308 g/mol. The van der Waals surface area contributed by atoms with E-state index < -0.39 is 17.1 Å². The molecule has 0 aromatic heterocycles. The smallest absolute Gasteiger partial charge is 0.271 e. The van der Waals surface area contributed by atoms with Crippen LogP contribution >= 0.6 is 0 Å². The van der Waals surface area contributed by atoms with Gasteiger partial charge in [0.25, 0.3) is 5.91 Å². The molecule has 0 fully saturated rings. The molecule has 1 heterocycles. The second-order valence-corrected chi connectivity index (χ2v) is 5.53. The first-order valence-corrected chi connectivity index (χ1v) is 7.16. The highest BCUT2D eigenvalue weighted by Crippen LogP contribution is 2.43. The van der Waals surface area contributed by atoms with Crippen LogP contribution in [0.5, 0.6) is 5.75 Å². The molecule has 1 unspecified atom stereocenters. The van der Waals surface area contributed by atoms with Gasteiger partial charge in [-0.15, -0.1) is 0 Å². The fraction of sp³-hybridized carbons (Fsp3) is 0.167. The van der Waals surface area contributed by atoms with Crippen LogP contribution in [0.25, 0.3) is 0 Å². The van der Waals surface area contributed by atoms with E-state index in [1.807, 2.05) is 30.3 Å². The molecule has 0 spiro atoms. The molecule has 23 heavy (non-hydrogen) atoms. The quantitative estimate of drug-likeness (QED) is 0.943.